The topological polar surface area (TPSA) is 52.3 Å². The largest absolute Gasteiger partial charge is 0.457 e. The van der Waals surface area contributed by atoms with Gasteiger partial charge in [0, 0.05) is 5.69 Å². The molecule has 2 aromatic rings. The van der Waals surface area contributed by atoms with Crippen LogP contribution in [-0.4, -0.2) is 5.97 Å². The zero-order chi connectivity index (χ0) is 15.6. The quantitative estimate of drug-likeness (QED) is 0.515. The molecular formula is C14H9BrF3NO2. The van der Waals surface area contributed by atoms with E-state index in [1.54, 1.807) is 0 Å². The molecule has 0 aliphatic rings. The summed E-state index contributed by atoms with van der Waals surface area (Å²) < 4.78 is 45.1. The van der Waals surface area contributed by atoms with Crippen molar-refractivity contribution in [1.82, 2.24) is 0 Å². The lowest BCUT2D eigenvalue weighted by molar-refractivity contribution is 0.0464. The molecular weight excluding hydrogens is 351 g/mol. The SMILES string of the molecule is Nc1cc(F)cc(C(=O)OCc2c(F)ccc(Br)c2F)c1. The predicted molar refractivity (Wildman–Crippen MR) is 74.0 cm³/mol. The summed E-state index contributed by atoms with van der Waals surface area (Å²) in [6.07, 6.45) is 0. The van der Waals surface area contributed by atoms with Gasteiger partial charge in [0.2, 0.25) is 0 Å². The Balaban J connectivity index is 2.17. The van der Waals surface area contributed by atoms with Gasteiger partial charge in [-0.2, -0.15) is 0 Å². The molecule has 0 aliphatic carbocycles. The van der Waals surface area contributed by atoms with E-state index in [0.29, 0.717) is 0 Å². The number of anilines is 1. The van der Waals surface area contributed by atoms with E-state index in [-0.39, 0.29) is 15.7 Å². The summed E-state index contributed by atoms with van der Waals surface area (Å²) in [5.74, 6) is -3.34. The summed E-state index contributed by atoms with van der Waals surface area (Å²) in [4.78, 5) is 11.7. The van der Waals surface area contributed by atoms with Gasteiger partial charge in [-0.1, -0.05) is 0 Å². The summed E-state index contributed by atoms with van der Waals surface area (Å²) in [5, 5.41) is 0. The summed E-state index contributed by atoms with van der Waals surface area (Å²) in [6.45, 7) is -0.619. The molecule has 0 atom stereocenters. The van der Waals surface area contributed by atoms with E-state index in [0.717, 1.165) is 18.2 Å². The number of halogens is 4. The van der Waals surface area contributed by atoms with Gasteiger partial charge >= 0.3 is 5.97 Å². The first kappa shape index (κ1) is 15.4. The fraction of sp³-hybridized carbons (Fsp3) is 0.0714. The third kappa shape index (κ3) is 3.55. The number of nitrogens with two attached hydrogens (primary N) is 1. The number of esters is 1. The smallest absolute Gasteiger partial charge is 0.338 e. The van der Waals surface area contributed by atoms with Crippen LogP contribution in [0, 0.1) is 17.5 Å². The molecule has 3 nitrogen and oxygen atoms in total. The average molecular weight is 360 g/mol. The Bertz CT molecular complexity index is 687. The average Bonchev–Trinajstić information content (AvgIpc) is 2.41. The molecule has 21 heavy (non-hydrogen) atoms. The van der Waals surface area contributed by atoms with Gasteiger partial charge in [-0.05, 0) is 46.3 Å². The second kappa shape index (κ2) is 6.17. The maximum atomic E-state index is 13.7. The van der Waals surface area contributed by atoms with Crippen molar-refractivity contribution in [3.63, 3.8) is 0 Å². The van der Waals surface area contributed by atoms with E-state index in [4.69, 9.17) is 10.5 Å². The number of hydrogen-bond donors (Lipinski definition) is 1. The Hall–Kier alpha value is -2.02. The summed E-state index contributed by atoms with van der Waals surface area (Å²) >= 11 is 2.90. The van der Waals surface area contributed by atoms with Crippen LogP contribution < -0.4 is 5.73 Å². The lowest BCUT2D eigenvalue weighted by Gasteiger charge is -2.08. The zero-order valence-corrected chi connectivity index (χ0v) is 12.1. The van der Waals surface area contributed by atoms with Crippen LogP contribution in [0.1, 0.15) is 15.9 Å². The van der Waals surface area contributed by atoms with Gasteiger partial charge in [0.15, 0.2) is 0 Å². The molecule has 0 spiro atoms. The molecule has 0 heterocycles. The predicted octanol–water partition coefficient (Wildman–Crippen LogP) is 3.81. The number of benzene rings is 2. The first-order valence-corrected chi connectivity index (χ1v) is 6.53. The molecule has 2 rings (SSSR count). The maximum Gasteiger partial charge on any atom is 0.338 e. The van der Waals surface area contributed by atoms with Gasteiger partial charge in [-0.15, -0.1) is 0 Å². The Morgan fingerprint density at radius 2 is 1.90 bits per heavy atom. The number of ether oxygens (including phenoxy) is 1. The lowest BCUT2D eigenvalue weighted by atomic mass is 10.2. The van der Waals surface area contributed by atoms with Crippen molar-refractivity contribution in [3.8, 4) is 0 Å². The first-order chi connectivity index (χ1) is 9.88. The van der Waals surface area contributed by atoms with E-state index >= 15 is 0 Å². The van der Waals surface area contributed by atoms with E-state index in [2.05, 4.69) is 15.9 Å². The highest BCUT2D eigenvalue weighted by Gasteiger charge is 2.16. The summed E-state index contributed by atoms with van der Waals surface area (Å²) in [5.41, 5.74) is 4.91. The minimum absolute atomic E-state index is 0.0433. The first-order valence-electron chi connectivity index (χ1n) is 5.74. The highest BCUT2D eigenvalue weighted by Crippen LogP contribution is 2.22. The van der Waals surface area contributed by atoms with Crippen molar-refractivity contribution in [2.45, 2.75) is 6.61 Å². The van der Waals surface area contributed by atoms with Crippen LogP contribution in [-0.2, 0) is 11.3 Å². The van der Waals surface area contributed by atoms with E-state index in [1.807, 2.05) is 0 Å². The Kier molecular flexibility index (Phi) is 4.52. The molecule has 0 saturated carbocycles. The number of carbonyl (C=O) groups is 1. The van der Waals surface area contributed by atoms with E-state index < -0.39 is 35.6 Å². The van der Waals surface area contributed by atoms with Crippen molar-refractivity contribution < 1.29 is 22.7 Å². The second-order valence-electron chi connectivity index (χ2n) is 4.17. The molecule has 110 valence electrons. The fourth-order valence-corrected chi connectivity index (χ4v) is 2.02. The van der Waals surface area contributed by atoms with E-state index in [9.17, 15) is 18.0 Å². The molecule has 7 heteroatoms. The monoisotopic (exact) mass is 359 g/mol. The van der Waals surface area contributed by atoms with Crippen LogP contribution >= 0.6 is 15.9 Å². The van der Waals surface area contributed by atoms with Crippen LogP contribution in [0.5, 0.6) is 0 Å². The van der Waals surface area contributed by atoms with Gasteiger partial charge < -0.3 is 10.5 Å². The van der Waals surface area contributed by atoms with Gasteiger partial charge in [-0.25, -0.2) is 18.0 Å². The molecule has 0 fully saturated rings. The summed E-state index contributed by atoms with van der Waals surface area (Å²) in [7, 11) is 0. The van der Waals surface area contributed by atoms with Crippen molar-refractivity contribution in [3.05, 3.63) is 63.4 Å². The molecule has 0 saturated heterocycles. The van der Waals surface area contributed by atoms with Crippen molar-refractivity contribution in [2.75, 3.05) is 5.73 Å². The van der Waals surface area contributed by atoms with Crippen LogP contribution in [0.15, 0.2) is 34.8 Å². The van der Waals surface area contributed by atoms with E-state index in [1.165, 1.54) is 12.1 Å². The number of carbonyl (C=O) groups excluding carboxylic acids is 1. The lowest BCUT2D eigenvalue weighted by Crippen LogP contribution is -2.09. The Morgan fingerprint density at radius 3 is 2.57 bits per heavy atom. The molecule has 0 aromatic heterocycles. The molecule has 2 N–H and O–H groups in total. The third-order valence-electron chi connectivity index (χ3n) is 2.64. The van der Waals surface area contributed by atoms with Gasteiger partial charge in [0.1, 0.15) is 24.1 Å². The molecule has 0 amide bonds. The standard InChI is InChI=1S/C14H9BrF3NO2/c15-11-1-2-12(17)10(13(11)18)6-21-14(20)7-3-8(16)5-9(19)4-7/h1-5H,6,19H2. The second-order valence-corrected chi connectivity index (χ2v) is 5.03. The normalized spacial score (nSPS) is 10.5. The maximum absolute atomic E-state index is 13.7. The van der Waals surface area contributed by atoms with Crippen molar-refractivity contribution in [1.29, 1.82) is 0 Å². The molecule has 0 bridgehead atoms. The van der Waals surface area contributed by atoms with Gasteiger partial charge in [0.05, 0.1) is 15.6 Å². The molecule has 0 radical (unpaired) electrons. The highest BCUT2D eigenvalue weighted by molar-refractivity contribution is 9.10. The van der Waals surface area contributed by atoms with Gasteiger partial charge in [-0.3, -0.25) is 0 Å². The van der Waals surface area contributed by atoms with Crippen LogP contribution in [0.25, 0.3) is 0 Å². The van der Waals surface area contributed by atoms with Crippen molar-refractivity contribution >= 4 is 27.6 Å². The zero-order valence-electron chi connectivity index (χ0n) is 10.5. The molecule has 0 aliphatic heterocycles. The summed E-state index contributed by atoms with van der Waals surface area (Å²) in [6, 6.07) is 5.40. The minimum atomic E-state index is -0.931. The fourth-order valence-electron chi connectivity index (χ4n) is 1.65. The Morgan fingerprint density at radius 1 is 1.19 bits per heavy atom. The number of rotatable bonds is 3. The Labute approximate surface area is 126 Å². The number of nitrogen functional groups attached to an aromatic ring is 1. The molecule has 2 aromatic carbocycles. The van der Waals surface area contributed by atoms with Crippen LogP contribution in [0.2, 0.25) is 0 Å². The third-order valence-corrected chi connectivity index (χ3v) is 3.25. The molecule has 0 unspecified atom stereocenters. The number of hydrogen-bond acceptors (Lipinski definition) is 3. The van der Waals surface area contributed by atoms with Crippen LogP contribution in [0.3, 0.4) is 0 Å². The van der Waals surface area contributed by atoms with Crippen LogP contribution in [0.4, 0.5) is 18.9 Å². The van der Waals surface area contributed by atoms with Gasteiger partial charge in [0.25, 0.3) is 0 Å². The minimum Gasteiger partial charge on any atom is -0.457 e. The highest BCUT2D eigenvalue weighted by atomic mass is 79.9. The van der Waals surface area contributed by atoms with Crippen molar-refractivity contribution in [2.24, 2.45) is 0 Å².